The van der Waals surface area contributed by atoms with E-state index in [1.54, 1.807) is 23.3 Å². The van der Waals surface area contributed by atoms with Gasteiger partial charge in [0.25, 0.3) is 0 Å². The molecular weight excluding hydrogens is 364 g/mol. The maximum atomic E-state index is 12.7. The summed E-state index contributed by atoms with van der Waals surface area (Å²) in [6.07, 6.45) is 8.38. The van der Waals surface area contributed by atoms with Gasteiger partial charge in [-0.2, -0.15) is 9.40 Å². The predicted molar refractivity (Wildman–Crippen MR) is 100 cm³/mol. The molecule has 0 N–H and O–H groups in total. The van der Waals surface area contributed by atoms with E-state index in [4.69, 9.17) is 0 Å². The molecule has 0 amide bonds. The molecule has 142 valence electrons. The third kappa shape index (κ3) is 3.28. The van der Waals surface area contributed by atoms with Crippen LogP contribution in [-0.4, -0.2) is 50.1 Å². The molecule has 9 heteroatoms. The van der Waals surface area contributed by atoms with E-state index in [0.717, 1.165) is 23.6 Å². The van der Waals surface area contributed by atoms with Gasteiger partial charge in [0.15, 0.2) is 0 Å². The summed E-state index contributed by atoms with van der Waals surface area (Å²) in [4.78, 5) is 8.93. The second-order valence-corrected chi connectivity index (χ2v) is 8.73. The standard InChI is InChI=1S/C18H22N6O2S/c1-3-22-13-17(9-21-22)27(25,26)23-10-15(11-23)12-24-14(2)7-20-18(24)16-5-4-6-19-8-16/h4-9,13,15H,3,10-12H2,1-2H3. The van der Waals surface area contributed by atoms with Gasteiger partial charge in [-0.05, 0) is 26.0 Å². The Morgan fingerprint density at radius 3 is 2.70 bits per heavy atom. The summed E-state index contributed by atoms with van der Waals surface area (Å²) in [5.41, 5.74) is 2.01. The minimum Gasteiger partial charge on any atom is -0.328 e. The van der Waals surface area contributed by atoms with E-state index in [1.807, 2.05) is 32.2 Å². The number of hydrogen-bond donors (Lipinski definition) is 0. The topological polar surface area (TPSA) is 85.9 Å². The van der Waals surface area contributed by atoms with Crippen molar-refractivity contribution in [1.82, 2.24) is 28.6 Å². The summed E-state index contributed by atoms with van der Waals surface area (Å²) in [6, 6.07) is 3.87. The van der Waals surface area contributed by atoms with Crippen molar-refractivity contribution in [1.29, 1.82) is 0 Å². The highest BCUT2D eigenvalue weighted by atomic mass is 32.2. The van der Waals surface area contributed by atoms with E-state index in [-0.39, 0.29) is 10.8 Å². The third-order valence-corrected chi connectivity index (χ3v) is 6.70. The smallest absolute Gasteiger partial charge is 0.246 e. The minimum absolute atomic E-state index is 0.254. The van der Waals surface area contributed by atoms with Crippen LogP contribution in [0.5, 0.6) is 0 Å². The van der Waals surface area contributed by atoms with E-state index >= 15 is 0 Å². The van der Waals surface area contributed by atoms with Gasteiger partial charge in [-0.3, -0.25) is 9.67 Å². The van der Waals surface area contributed by atoms with Crippen LogP contribution in [0.15, 0.2) is 48.0 Å². The van der Waals surface area contributed by atoms with E-state index in [1.165, 1.54) is 10.5 Å². The molecule has 8 nitrogen and oxygen atoms in total. The summed E-state index contributed by atoms with van der Waals surface area (Å²) in [5, 5.41) is 4.07. The second kappa shape index (κ2) is 6.90. The quantitative estimate of drug-likeness (QED) is 0.645. The second-order valence-electron chi connectivity index (χ2n) is 6.80. The summed E-state index contributed by atoms with van der Waals surface area (Å²) in [6.45, 7) is 6.33. The average molecular weight is 386 g/mol. The number of rotatable bonds is 6. The average Bonchev–Trinajstić information content (AvgIpc) is 3.25. The van der Waals surface area contributed by atoms with Crippen LogP contribution in [0.2, 0.25) is 0 Å². The molecule has 1 fully saturated rings. The van der Waals surface area contributed by atoms with Crippen LogP contribution < -0.4 is 0 Å². The van der Waals surface area contributed by atoms with Crippen molar-refractivity contribution in [2.24, 2.45) is 5.92 Å². The molecule has 0 saturated carbocycles. The van der Waals surface area contributed by atoms with Crippen LogP contribution in [0.3, 0.4) is 0 Å². The number of pyridine rings is 1. The highest BCUT2D eigenvalue weighted by Gasteiger charge is 2.37. The zero-order valence-electron chi connectivity index (χ0n) is 15.4. The molecule has 1 aliphatic heterocycles. The van der Waals surface area contributed by atoms with Crippen molar-refractivity contribution in [3.63, 3.8) is 0 Å². The van der Waals surface area contributed by atoms with Gasteiger partial charge in [0.05, 0.1) is 6.20 Å². The van der Waals surface area contributed by atoms with Gasteiger partial charge in [-0.15, -0.1) is 0 Å². The van der Waals surface area contributed by atoms with E-state index in [9.17, 15) is 8.42 Å². The van der Waals surface area contributed by atoms with Crippen LogP contribution >= 0.6 is 0 Å². The fraction of sp³-hybridized carbons (Fsp3) is 0.389. The normalized spacial score (nSPS) is 15.8. The summed E-state index contributed by atoms with van der Waals surface area (Å²) >= 11 is 0. The van der Waals surface area contributed by atoms with Gasteiger partial charge in [0.2, 0.25) is 10.0 Å². The lowest BCUT2D eigenvalue weighted by Crippen LogP contribution is -2.51. The van der Waals surface area contributed by atoms with Gasteiger partial charge >= 0.3 is 0 Å². The molecule has 0 atom stereocenters. The SMILES string of the molecule is CCn1cc(S(=O)(=O)N2CC(Cn3c(C)cnc3-c3cccnc3)C2)cn1. The fourth-order valence-corrected chi connectivity index (χ4v) is 4.86. The van der Waals surface area contributed by atoms with Gasteiger partial charge in [0, 0.05) is 68.1 Å². The highest BCUT2D eigenvalue weighted by Crippen LogP contribution is 2.28. The summed E-state index contributed by atoms with van der Waals surface area (Å²) in [7, 11) is -3.46. The Bertz CT molecular complexity index is 1040. The Balaban J connectivity index is 1.46. The highest BCUT2D eigenvalue weighted by molar-refractivity contribution is 7.89. The molecule has 3 aromatic rings. The van der Waals surface area contributed by atoms with Crippen molar-refractivity contribution in [2.45, 2.75) is 31.8 Å². The van der Waals surface area contributed by atoms with Crippen molar-refractivity contribution in [3.8, 4) is 11.4 Å². The van der Waals surface area contributed by atoms with Gasteiger partial charge in [0.1, 0.15) is 10.7 Å². The van der Waals surface area contributed by atoms with Crippen molar-refractivity contribution >= 4 is 10.0 Å². The molecule has 0 aromatic carbocycles. The van der Waals surface area contributed by atoms with Crippen LogP contribution in [0.4, 0.5) is 0 Å². The van der Waals surface area contributed by atoms with Gasteiger partial charge < -0.3 is 4.57 Å². The lowest BCUT2D eigenvalue weighted by molar-refractivity contribution is 0.179. The Hall–Kier alpha value is -2.52. The lowest BCUT2D eigenvalue weighted by Gasteiger charge is -2.38. The number of nitrogens with zero attached hydrogens (tertiary/aromatic N) is 6. The lowest BCUT2D eigenvalue weighted by atomic mass is 10.0. The van der Waals surface area contributed by atoms with Crippen LogP contribution in [0, 0.1) is 12.8 Å². The van der Waals surface area contributed by atoms with Crippen LogP contribution in [-0.2, 0) is 23.1 Å². The molecule has 0 bridgehead atoms. The Kier molecular flexibility index (Phi) is 4.56. The summed E-state index contributed by atoms with van der Waals surface area (Å²) < 4.78 is 30.7. The van der Waals surface area contributed by atoms with Crippen molar-refractivity contribution in [2.75, 3.05) is 13.1 Å². The first-order valence-electron chi connectivity index (χ1n) is 8.94. The molecule has 0 spiro atoms. The van der Waals surface area contributed by atoms with Crippen LogP contribution in [0.25, 0.3) is 11.4 Å². The number of hydrogen-bond acceptors (Lipinski definition) is 5. The van der Waals surface area contributed by atoms with E-state index in [0.29, 0.717) is 19.6 Å². The first-order valence-corrected chi connectivity index (χ1v) is 10.4. The fourth-order valence-electron chi connectivity index (χ4n) is 3.31. The largest absolute Gasteiger partial charge is 0.328 e. The number of sulfonamides is 1. The number of aromatic nitrogens is 5. The molecule has 27 heavy (non-hydrogen) atoms. The van der Waals surface area contributed by atoms with Crippen molar-refractivity contribution < 1.29 is 8.42 Å². The zero-order valence-corrected chi connectivity index (χ0v) is 16.2. The molecule has 4 heterocycles. The summed E-state index contributed by atoms with van der Waals surface area (Å²) in [5.74, 6) is 1.12. The van der Waals surface area contributed by atoms with Gasteiger partial charge in [-0.25, -0.2) is 13.4 Å². The minimum atomic E-state index is -3.46. The molecular formula is C18H22N6O2S. The Morgan fingerprint density at radius 2 is 2.04 bits per heavy atom. The zero-order chi connectivity index (χ0) is 19.0. The third-order valence-electron chi connectivity index (χ3n) is 4.91. The maximum Gasteiger partial charge on any atom is 0.246 e. The molecule has 0 unspecified atom stereocenters. The number of imidazole rings is 1. The Labute approximate surface area is 158 Å². The monoisotopic (exact) mass is 386 g/mol. The maximum absolute atomic E-state index is 12.7. The van der Waals surface area contributed by atoms with Crippen LogP contribution in [0.1, 0.15) is 12.6 Å². The molecule has 0 aliphatic carbocycles. The molecule has 3 aromatic heterocycles. The Morgan fingerprint density at radius 1 is 1.22 bits per heavy atom. The first-order chi connectivity index (χ1) is 13.0. The number of aryl methyl sites for hydroxylation is 2. The van der Waals surface area contributed by atoms with E-state index in [2.05, 4.69) is 19.6 Å². The predicted octanol–water partition coefficient (Wildman–Crippen LogP) is 1.79. The molecule has 1 saturated heterocycles. The first kappa shape index (κ1) is 17.9. The molecule has 4 rings (SSSR count). The van der Waals surface area contributed by atoms with E-state index < -0.39 is 10.0 Å². The van der Waals surface area contributed by atoms with Gasteiger partial charge in [-0.1, -0.05) is 0 Å². The molecule has 1 aliphatic rings. The molecule has 0 radical (unpaired) electrons. The van der Waals surface area contributed by atoms with Crippen molar-refractivity contribution in [3.05, 3.63) is 48.8 Å².